The molecule has 2 atom stereocenters. The molecule has 0 amide bonds. The van der Waals surface area contributed by atoms with E-state index in [1.165, 1.54) is 58.3 Å². The van der Waals surface area contributed by atoms with Crippen LogP contribution in [0.1, 0.15) is 67.0 Å². The van der Waals surface area contributed by atoms with Gasteiger partial charge >= 0.3 is 0 Å². The van der Waals surface area contributed by atoms with Crippen LogP contribution in [0.5, 0.6) is 0 Å². The number of rotatable bonds is 3. The lowest BCUT2D eigenvalue weighted by atomic mass is 9.92. The molecule has 28 heavy (non-hydrogen) atoms. The van der Waals surface area contributed by atoms with Gasteiger partial charge in [-0.25, -0.2) is 9.50 Å². The highest BCUT2D eigenvalue weighted by Gasteiger charge is 2.59. The number of thiophene rings is 1. The number of nitrogens with one attached hydrogen (secondary N) is 1. The maximum absolute atomic E-state index is 4.37. The molecule has 0 aromatic carbocycles. The van der Waals surface area contributed by atoms with Crippen molar-refractivity contribution >= 4 is 27.2 Å². The number of H-pyrrole nitrogens is 1. The average Bonchev–Trinajstić information content (AvgIpc) is 3.14. The van der Waals surface area contributed by atoms with Gasteiger partial charge in [-0.15, -0.1) is 11.3 Å². The summed E-state index contributed by atoms with van der Waals surface area (Å²) >= 11 is 2.03. The van der Waals surface area contributed by atoms with Gasteiger partial charge < -0.3 is 4.98 Å². The maximum Gasteiger partial charge on any atom is 0.158 e. The summed E-state index contributed by atoms with van der Waals surface area (Å²) in [6, 6.07) is 2.24. The first-order chi connectivity index (χ1) is 13.5. The van der Waals surface area contributed by atoms with Gasteiger partial charge in [-0.1, -0.05) is 20.3 Å². The monoisotopic (exact) mass is 390 g/mol. The van der Waals surface area contributed by atoms with Crippen molar-refractivity contribution in [3.63, 3.8) is 0 Å². The van der Waals surface area contributed by atoms with Crippen LogP contribution < -0.4 is 0 Å². The van der Waals surface area contributed by atoms with Gasteiger partial charge in [0, 0.05) is 27.4 Å². The van der Waals surface area contributed by atoms with Crippen molar-refractivity contribution in [2.45, 2.75) is 64.7 Å². The third kappa shape index (κ3) is 2.06. The van der Waals surface area contributed by atoms with Crippen LogP contribution in [0.15, 0.2) is 18.6 Å². The fraction of sp³-hybridized carbons (Fsp3) is 0.478. The first-order valence-electron chi connectivity index (χ1n) is 10.5. The highest BCUT2D eigenvalue weighted by atomic mass is 32.1. The van der Waals surface area contributed by atoms with Crippen molar-refractivity contribution in [3.8, 4) is 11.3 Å². The maximum atomic E-state index is 4.37. The lowest BCUT2D eigenvalue weighted by Gasteiger charge is -2.14. The van der Waals surface area contributed by atoms with Gasteiger partial charge in [-0.05, 0) is 67.7 Å². The normalized spacial score (nSPS) is 24.0. The molecule has 2 aliphatic carbocycles. The number of hydrogen-bond donors (Lipinski definition) is 1. The molecule has 4 aromatic heterocycles. The van der Waals surface area contributed by atoms with E-state index in [9.17, 15) is 0 Å². The zero-order chi connectivity index (χ0) is 19.2. The van der Waals surface area contributed by atoms with Gasteiger partial charge in [0.2, 0.25) is 0 Å². The molecule has 0 bridgehead atoms. The van der Waals surface area contributed by atoms with Crippen LogP contribution in [-0.4, -0.2) is 19.6 Å². The second kappa shape index (κ2) is 5.47. The summed E-state index contributed by atoms with van der Waals surface area (Å²) in [6.07, 6.45) is 9.41. The van der Waals surface area contributed by atoms with E-state index in [1.807, 2.05) is 15.9 Å². The fourth-order valence-electron chi connectivity index (χ4n) is 5.86. The molecule has 0 saturated heterocycles. The zero-order valence-corrected chi connectivity index (χ0v) is 17.8. The van der Waals surface area contributed by atoms with E-state index in [0.29, 0.717) is 11.3 Å². The van der Waals surface area contributed by atoms with Crippen LogP contribution in [0.3, 0.4) is 0 Å². The first-order valence-corrected chi connectivity index (χ1v) is 11.3. The van der Waals surface area contributed by atoms with Crippen LogP contribution in [0.25, 0.3) is 27.1 Å². The Morgan fingerprint density at radius 1 is 1.32 bits per heavy atom. The first kappa shape index (κ1) is 16.8. The molecular formula is C23H26N4S. The molecule has 6 rings (SSSR count). The summed E-state index contributed by atoms with van der Waals surface area (Å²) in [6.45, 7) is 9.12. The SMILES string of the molecule is Cc1c(C23CCCC2C3)sc2[nH]c(-c3cc(C)c4ncnn4c3)c(C(C)C)c12. The third-order valence-electron chi connectivity index (χ3n) is 7.21. The van der Waals surface area contributed by atoms with Crippen molar-refractivity contribution < 1.29 is 0 Å². The van der Waals surface area contributed by atoms with Crippen LogP contribution in [0.4, 0.5) is 0 Å². The highest BCUT2D eigenvalue weighted by Crippen LogP contribution is 2.67. The minimum atomic E-state index is 0.465. The Bertz CT molecular complexity index is 1240. The molecule has 4 nitrogen and oxygen atoms in total. The molecule has 2 saturated carbocycles. The largest absolute Gasteiger partial charge is 0.346 e. The Balaban J connectivity index is 1.58. The van der Waals surface area contributed by atoms with Gasteiger partial charge in [-0.2, -0.15) is 5.10 Å². The van der Waals surface area contributed by atoms with E-state index in [1.54, 1.807) is 11.2 Å². The number of pyridine rings is 1. The average molecular weight is 391 g/mol. The number of aromatic amines is 1. The highest BCUT2D eigenvalue weighted by molar-refractivity contribution is 7.19. The van der Waals surface area contributed by atoms with Gasteiger partial charge in [-0.3, -0.25) is 0 Å². The molecule has 0 radical (unpaired) electrons. The lowest BCUT2D eigenvalue weighted by molar-refractivity contribution is 0.666. The van der Waals surface area contributed by atoms with E-state index in [4.69, 9.17) is 0 Å². The predicted molar refractivity (Wildman–Crippen MR) is 115 cm³/mol. The number of hydrogen-bond acceptors (Lipinski definition) is 3. The molecule has 0 spiro atoms. The molecule has 4 aromatic rings. The van der Waals surface area contributed by atoms with E-state index in [2.05, 4.69) is 55.0 Å². The summed E-state index contributed by atoms with van der Waals surface area (Å²) < 4.78 is 1.90. The second-order valence-electron chi connectivity index (χ2n) is 9.22. The van der Waals surface area contributed by atoms with E-state index in [0.717, 1.165) is 17.1 Å². The third-order valence-corrected chi connectivity index (χ3v) is 8.64. The zero-order valence-electron chi connectivity index (χ0n) is 17.0. The number of nitrogens with zero attached hydrogens (tertiary/aromatic N) is 3. The minimum Gasteiger partial charge on any atom is -0.346 e. The van der Waals surface area contributed by atoms with E-state index >= 15 is 0 Å². The molecule has 2 unspecified atom stereocenters. The molecule has 5 heteroatoms. The second-order valence-corrected chi connectivity index (χ2v) is 10.2. The molecule has 2 fully saturated rings. The predicted octanol–water partition coefficient (Wildman–Crippen LogP) is 6.12. The number of aromatic nitrogens is 4. The topological polar surface area (TPSA) is 46.0 Å². The quantitative estimate of drug-likeness (QED) is 0.458. The molecule has 1 N–H and O–H groups in total. The van der Waals surface area contributed by atoms with Gasteiger partial charge in [0.15, 0.2) is 5.65 Å². The smallest absolute Gasteiger partial charge is 0.158 e. The Kier molecular flexibility index (Phi) is 3.28. The standard InChI is InChI=1S/C23H26N4S/c1-12(2)17-18-14(4)20(23-7-5-6-16(23)9-23)28-22(18)26-19(17)15-8-13(3)21-24-11-25-27(21)10-15/h8,10-12,16,26H,5-7,9H2,1-4H3. The number of aryl methyl sites for hydroxylation is 2. The van der Waals surface area contributed by atoms with Crippen molar-refractivity contribution in [2.24, 2.45) is 5.92 Å². The van der Waals surface area contributed by atoms with Crippen LogP contribution in [0, 0.1) is 19.8 Å². The Labute approximate surface area is 169 Å². The van der Waals surface area contributed by atoms with Crippen molar-refractivity contribution in [1.82, 2.24) is 19.6 Å². The molecular weight excluding hydrogens is 364 g/mol. The van der Waals surface area contributed by atoms with Gasteiger partial charge in [0.25, 0.3) is 0 Å². The van der Waals surface area contributed by atoms with Crippen molar-refractivity contribution in [3.05, 3.63) is 40.2 Å². The Morgan fingerprint density at radius 2 is 2.18 bits per heavy atom. The molecule has 0 aliphatic heterocycles. The summed E-state index contributed by atoms with van der Waals surface area (Å²) in [5, 5.41) is 5.85. The number of fused-ring (bicyclic) bond motifs is 3. The summed E-state index contributed by atoms with van der Waals surface area (Å²) in [7, 11) is 0. The van der Waals surface area contributed by atoms with Crippen molar-refractivity contribution in [1.29, 1.82) is 0 Å². The summed E-state index contributed by atoms with van der Waals surface area (Å²) in [4.78, 5) is 11.2. The van der Waals surface area contributed by atoms with E-state index < -0.39 is 0 Å². The van der Waals surface area contributed by atoms with Crippen LogP contribution >= 0.6 is 11.3 Å². The van der Waals surface area contributed by atoms with E-state index in [-0.39, 0.29) is 0 Å². The molecule has 2 aliphatic rings. The van der Waals surface area contributed by atoms with Gasteiger partial charge in [0.05, 0.1) is 5.69 Å². The van der Waals surface area contributed by atoms with Crippen molar-refractivity contribution in [2.75, 3.05) is 0 Å². The van der Waals surface area contributed by atoms with Crippen LogP contribution in [0.2, 0.25) is 0 Å². The Hall–Kier alpha value is -2.14. The minimum absolute atomic E-state index is 0.465. The van der Waals surface area contributed by atoms with Crippen LogP contribution in [-0.2, 0) is 5.41 Å². The summed E-state index contributed by atoms with van der Waals surface area (Å²) in [5.41, 5.74) is 8.07. The fourth-order valence-corrected chi connectivity index (χ4v) is 7.40. The molecule has 4 heterocycles. The van der Waals surface area contributed by atoms with Gasteiger partial charge in [0.1, 0.15) is 11.2 Å². The lowest BCUT2D eigenvalue weighted by Crippen LogP contribution is -2.04. The summed E-state index contributed by atoms with van der Waals surface area (Å²) in [5.74, 6) is 1.42. The Morgan fingerprint density at radius 3 is 2.89 bits per heavy atom. The molecule has 144 valence electrons.